The van der Waals surface area contributed by atoms with Gasteiger partial charge in [-0.3, -0.25) is 4.79 Å². The van der Waals surface area contributed by atoms with Gasteiger partial charge in [-0.25, -0.2) is 4.98 Å². The predicted octanol–water partition coefficient (Wildman–Crippen LogP) is 4.06. The highest BCUT2D eigenvalue weighted by atomic mass is 32.1. The maximum Gasteiger partial charge on any atom is 0.253 e. The predicted molar refractivity (Wildman–Crippen MR) is 113 cm³/mol. The molecule has 3 aromatic heterocycles. The SMILES string of the molecule is O=C(c1ccc(Cn2ccnc2)cc1)N1CCC[C@H](c2nnc(-c3ccsc3)o2)C1. The van der Waals surface area contributed by atoms with Crippen molar-refractivity contribution in [3.05, 3.63) is 76.8 Å². The first kappa shape index (κ1) is 18.7. The van der Waals surface area contributed by atoms with E-state index >= 15 is 0 Å². The molecular formula is C22H21N5O2S. The fraction of sp³-hybridized carbons (Fsp3) is 0.273. The lowest BCUT2D eigenvalue weighted by atomic mass is 9.97. The van der Waals surface area contributed by atoms with Crippen LogP contribution < -0.4 is 0 Å². The molecule has 1 amide bonds. The molecule has 7 nitrogen and oxygen atoms in total. The van der Waals surface area contributed by atoms with Gasteiger partial charge in [-0.1, -0.05) is 12.1 Å². The van der Waals surface area contributed by atoms with Crippen molar-refractivity contribution >= 4 is 17.2 Å². The van der Waals surface area contributed by atoms with Crippen LogP contribution in [0.2, 0.25) is 0 Å². The highest BCUT2D eigenvalue weighted by Gasteiger charge is 2.29. The molecule has 0 spiro atoms. The second-order valence-electron chi connectivity index (χ2n) is 7.48. The number of nitrogens with zero attached hydrogens (tertiary/aromatic N) is 5. The van der Waals surface area contributed by atoms with Gasteiger partial charge in [-0.05, 0) is 42.0 Å². The molecule has 0 aliphatic carbocycles. The van der Waals surface area contributed by atoms with E-state index in [2.05, 4.69) is 15.2 Å². The van der Waals surface area contributed by atoms with Gasteiger partial charge in [-0.2, -0.15) is 11.3 Å². The zero-order valence-electron chi connectivity index (χ0n) is 16.3. The highest BCUT2D eigenvalue weighted by Crippen LogP contribution is 2.29. The Kier molecular flexibility index (Phi) is 5.15. The van der Waals surface area contributed by atoms with Crippen LogP contribution in [-0.2, 0) is 6.54 Å². The molecule has 0 N–H and O–H groups in total. The third-order valence-electron chi connectivity index (χ3n) is 5.39. The van der Waals surface area contributed by atoms with E-state index in [9.17, 15) is 4.79 Å². The van der Waals surface area contributed by atoms with Gasteiger partial charge in [0.1, 0.15) is 0 Å². The minimum atomic E-state index is 0.0476. The number of thiophene rings is 1. The first-order chi connectivity index (χ1) is 14.8. The van der Waals surface area contributed by atoms with Gasteiger partial charge in [0.05, 0.1) is 12.2 Å². The zero-order valence-corrected chi connectivity index (χ0v) is 17.2. The molecule has 1 aromatic carbocycles. The molecule has 1 atom stereocenters. The second-order valence-corrected chi connectivity index (χ2v) is 8.26. The van der Waals surface area contributed by atoms with Crippen molar-refractivity contribution < 1.29 is 9.21 Å². The Hall–Kier alpha value is -3.26. The Bertz CT molecular complexity index is 1100. The first-order valence-electron chi connectivity index (χ1n) is 9.96. The van der Waals surface area contributed by atoms with Crippen LogP contribution in [0.3, 0.4) is 0 Å². The summed E-state index contributed by atoms with van der Waals surface area (Å²) in [7, 11) is 0. The first-order valence-corrected chi connectivity index (χ1v) is 10.9. The summed E-state index contributed by atoms with van der Waals surface area (Å²) in [6, 6.07) is 9.77. The maximum absolute atomic E-state index is 13.0. The molecule has 5 rings (SSSR count). The molecule has 4 heterocycles. The molecule has 1 aliphatic rings. The molecule has 1 saturated heterocycles. The third-order valence-corrected chi connectivity index (χ3v) is 6.08. The van der Waals surface area contributed by atoms with Crippen LogP contribution in [0.15, 0.2) is 64.2 Å². The Morgan fingerprint density at radius 1 is 1.20 bits per heavy atom. The van der Waals surface area contributed by atoms with E-state index < -0.39 is 0 Å². The number of rotatable bonds is 5. The Balaban J connectivity index is 1.26. The van der Waals surface area contributed by atoms with E-state index in [-0.39, 0.29) is 11.8 Å². The topological polar surface area (TPSA) is 77.1 Å². The van der Waals surface area contributed by atoms with Crippen molar-refractivity contribution in [2.24, 2.45) is 0 Å². The fourth-order valence-corrected chi connectivity index (χ4v) is 4.42. The number of hydrogen-bond donors (Lipinski definition) is 0. The van der Waals surface area contributed by atoms with Gasteiger partial charge in [0, 0.05) is 48.5 Å². The third kappa shape index (κ3) is 3.91. The zero-order chi connectivity index (χ0) is 20.3. The van der Waals surface area contributed by atoms with Crippen molar-refractivity contribution in [3.8, 4) is 11.5 Å². The van der Waals surface area contributed by atoms with E-state index in [0.717, 1.165) is 37.1 Å². The molecule has 0 radical (unpaired) electrons. The minimum absolute atomic E-state index is 0.0476. The Morgan fingerprint density at radius 3 is 2.87 bits per heavy atom. The number of piperidine rings is 1. The summed E-state index contributed by atoms with van der Waals surface area (Å²) in [5.41, 5.74) is 2.78. The summed E-state index contributed by atoms with van der Waals surface area (Å²) in [6.07, 6.45) is 7.34. The molecule has 0 unspecified atom stereocenters. The number of carbonyl (C=O) groups is 1. The summed E-state index contributed by atoms with van der Waals surface area (Å²) in [4.78, 5) is 19.0. The Morgan fingerprint density at radius 2 is 2.10 bits per heavy atom. The van der Waals surface area contributed by atoms with Crippen LogP contribution in [0, 0.1) is 0 Å². The number of amides is 1. The van der Waals surface area contributed by atoms with Crippen molar-refractivity contribution in [1.29, 1.82) is 0 Å². The lowest BCUT2D eigenvalue weighted by Crippen LogP contribution is -2.39. The molecular weight excluding hydrogens is 398 g/mol. The van der Waals surface area contributed by atoms with Gasteiger partial charge in [-0.15, -0.1) is 10.2 Å². The number of hydrogen-bond acceptors (Lipinski definition) is 6. The van der Waals surface area contributed by atoms with Crippen LogP contribution in [0.25, 0.3) is 11.5 Å². The smallest absolute Gasteiger partial charge is 0.253 e. The van der Waals surface area contributed by atoms with E-state index in [1.165, 1.54) is 0 Å². The molecule has 152 valence electrons. The monoisotopic (exact) mass is 419 g/mol. The van der Waals surface area contributed by atoms with Crippen LogP contribution >= 0.6 is 11.3 Å². The van der Waals surface area contributed by atoms with Crippen molar-refractivity contribution in [2.45, 2.75) is 25.3 Å². The average molecular weight is 420 g/mol. The Labute approximate surface area is 178 Å². The average Bonchev–Trinajstić information content (AvgIpc) is 3.56. The molecule has 1 fully saturated rings. The number of carbonyl (C=O) groups excluding carboxylic acids is 1. The molecule has 1 aliphatic heterocycles. The summed E-state index contributed by atoms with van der Waals surface area (Å²) in [5, 5.41) is 12.4. The molecule has 0 saturated carbocycles. The summed E-state index contributed by atoms with van der Waals surface area (Å²) >= 11 is 1.60. The molecule has 4 aromatic rings. The van der Waals surface area contributed by atoms with E-state index in [4.69, 9.17) is 4.42 Å². The summed E-state index contributed by atoms with van der Waals surface area (Å²) < 4.78 is 7.91. The largest absolute Gasteiger partial charge is 0.420 e. The maximum atomic E-state index is 13.0. The second kappa shape index (κ2) is 8.23. The van der Waals surface area contributed by atoms with Crippen molar-refractivity contribution in [2.75, 3.05) is 13.1 Å². The van der Waals surface area contributed by atoms with Crippen molar-refractivity contribution in [3.63, 3.8) is 0 Å². The summed E-state index contributed by atoms with van der Waals surface area (Å²) in [5.74, 6) is 1.28. The quantitative estimate of drug-likeness (QED) is 0.487. The van der Waals surface area contributed by atoms with Crippen LogP contribution in [0.4, 0.5) is 0 Å². The van der Waals surface area contributed by atoms with Gasteiger partial charge in [0.2, 0.25) is 11.8 Å². The lowest BCUT2D eigenvalue weighted by Gasteiger charge is -2.31. The van der Waals surface area contributed by atoms with Gasteiger partial charge in [0.15, 0.2) is 0 Å². The van der Waals surface area contributed by atoms with Gasteiger partial charge >= 0.3 is 0 Å². The van der Waals surface area contributed by atoms with Crippen molar-refractivity contribution in [1.82, 2.24) is 24.6 Å². The number of benzene rings is 1. The summed E-state index contributed by atoms with van der Waals surface area (Å²) in [6.45, 7) is 2.09. The van der Waals surface area contributed by atoms with E-state index in [1.807, 2.05) is 56.8 Å². The van der Waals surface area contributed by atoms with Gasteiger partial charge < -0.3 is 13.9 Å². The number of imidazole rings is 1. The van der Waals surface area contributed by atoms with Gasteiger partial charge in [0.25, 0.3) is 5.91 Å². The molecule has 30 heavy (non-hydrogen) atoms. The fourth-order valence-electron chi connectivity index (χ4n) is 3.79. The van der Waals surface area contributed by atoms with Crippen LogP contribution in [0.1, 0.15) is 40.6 Å². The van der Waals surface area contributed by atoms with Crippen LogP contribution in [-0.4, -0.2) is 43.6 Å². The van der Waals surface area contributed by atoms with E-state index in [0.29, 0.717) is 23.9 Å². The van der Waals surface area contributed by atoms with Crippen LogP contribution in [0.5, 0.6) is 0 Å². The standard InChI is InChI=1S/C22H21N5O2S/c28-22(17-5-3-16(4-6-17)12-26-10-8-23-15-26)27-9-1-2-18(13-27)20-24-25-21(29-20)19-7-11-30-14-19/h3-8,10-11,14-15,18H,1-2,9,12-13H2/t18-/m0/s1. The number of likely N-dealkylation sites (tertiary alicyclic amines) is 1. The minimum Gasteiger partial charge on any atom is -0.420 e. The van der Waals surface area contributed by atoms with E-state index in [1.54, 1.807) is 23.9 Å². The molecule has 0 bridgehead atoms. The normalized spacial score (nSPS) is 16.7. The number of aromatic nitrogens is 4. The molecule has 8 heteroatoms. The lowest BCUT2D eigenvalue weighted by molar-refractivity contribution is 0.0698. The highest BCUT2D eigenvalue weighted by molar-refractivity contribution is 7.08.